The van der Waals surface area contributed by atoms with Gasteiger partial charge in [0.15, 0.2) is 6.61 Å². The Labute approximate surface area is 168 Å². The first kappa shape index (κ1) is 17.7. The van der Waals surface area contributed by atoms with E-state index in [-0.39, 0.29) is 18.1 Å². The molecule has 0 aromatic carbocycles. The number of ether oxygens (including phenoxy) is 1. The van der Waals surface area contributed by atoms with Crippen LogP contribution >= 0.6 is 11.3 Å². The maximum atomic E-state index is 12.7. The van der Waals surface area contributed by atoms with Crippen LogP contribution in [0.4, 0.5) is 0 Å². The molecule has 4 aromatic rings. The van der Waals surface area contributed by atoms with Crippen molar-refractivity contribution in [1.29, 1.82) is 0 Å². The number of fused-ring (bicyclic) bond motifs is 2. The topological polar surface area (TPSA) is 113 Å². The van der Waals surface area contributed by atoms with Crippen LogP contribution in [-0.2, 0) is 24.3 Å². The number of hydrogen-bond acceptors (Lipinski definition) is 9. The van der Waals surface area contributed by atoms with E-state index in [0.717, 1.165) is 18.7 Å². The Balaban J connectivity index is 1.37. The molecule has 0 saturated carbocycles. The number of esters is 1. The largest absolute Gasteiger partial charge is 0.451 e. The normalized spacial score (nSPS) is 13.0. The zero-order valence-corrected chi connectivity index (χ0v) is 16.2. The summed E-state index contributed by atoms with van der Waals surface area (Å²) in [4.78, 5) is 39.0. The first-order valence-electron chi connectivity index (χ1n) is 9.04. The number of pyridine rings is 1. The molecule has 0 spiro atoms. The van der Waals surface area contributed by atoms with E-state index in [1.807, 2.05) is 0 Å². The molecule has 0 amide bonds. The van der Waals surface area contributed by atoms with E-state index < -0.39 is 5.97 Å². The quantitative estimate of drug-likeness (QED) is 0.473. The predicted molar refractivity (Wildman–Crippen MR) is 104 cm³/mol. The van der Waals surface area contributed by atoms with Gasteiger partial charge in [-0.1, -0.05) is 5.16 Å². The third-order valence-electron chi connectivity index (χ3n) is 4.81. The molecule has 0 fully saturated rings. The summed E-state index contributed by atoms with van der Waals surface area (Å²) in [6, 6.07) is 3.57. The van der Waals surface area contributed by atoms with E-state index in [2.05, 4.69) is 20.1 Å². The molecule has 0 aliphatic carbocycles. The van der Waals surface area contributed by atoms with Crippen LogP contribution in [0.3, 0.4) is 0 Å². The molecule has 0 unspecified atom stereocenters. The zero-order valence-electron chi connectivity index (χ0n) is 15.4. The SMILES string of the molecule is Cc1c(C(=O)OCc2nc(-c3cccnc3)no2)sc2nc3n(c(=O)c12)CCC3. The lowest BCUT2D eigenvalue weighted by atomic mass is 10.2. The van der Waals surface area contributed by atoms with Crippen LogP contribution in [-0.4, -0.2) is 30.6 Å². The third-order valence-corrected chi connectivity index (χ3v) is 5.98. The number of nitrogens with zero attached hydrogens (tertiary/aromatic N) is 5. The maximum Gasteiger partial charge on any atom is 0.349 e. The first-order chi connectivity index (χ1) is 14.1. The molecule has 1 aliphatic heterocycles. The lowest BCUT2D eigenvalue weighted by molar-refractivity contribution is 0.0435. The van der Waals surface area contributed by atoms with Crippen LogP contribution in [0.15, 0.2) is 33.8 Å². The third kappa shape index (κ3) is 3.01. The minimum atomic E-state index is -0.545. The Morgan fingerprint density at radius 1 is 1.38 bits per heavy atom. The Bertz CT molecular complexity index is 1290. The van der Waals surface area contributed by atoms with Crippen LogP contribution in [0.5, 0.6) is 0 Å². The van der Waals surface area contributed by atoms with E-state index in [4.69, 9.17) is 9.26 Å². The van der Waals surface area contributed by atoms with Gasteiger partial charge in [0.2, 0.25) is 5.82 Å². The Morgan fingerprint density at radius 2 is 2.28 bits per heavy atom. The molecular formula is C19H15N5O4S. The van der Waals surface area contributed by atoms with Gasteiger partial charge in [-0.2, -0.15) is 4.98 Å². The molecule has 0 radical (unpaired) electrons. The van der Waals surface area contributed by atoms with Gasteiger partial charge in [0.05, 0.1) is 5.39 Å². The molecule has 146 valence electrons. The Hall–Kier alpha value is -3.40. The number of aryl methyl sites for hydroxylation is 2. The molecule has 0 bridgehead atoms. The van der Waals surface area contributed by atoms with Gasteiger partial charge < -0.3 is 9.26 Å². The molecule has 29 heavy (non-hydrogen) atoms. The molecular weight excluding hydrogens is 394 g/mol. The molecule has 5 rings (SSSR count). The van der Waals surface area contributed by atoms with Gasteiger partial charge in [-0.25, -0.2) is 9.78 Å². The van der Waals surface area contributed by atoms with Gasteiger partial charge >= 0.3 is 5.97 Å². The Kier molecular flexibility index (Phi) is 4.20. The van der Waals surface area contributed by atoms with Crippen LogP contribution in [0.25, 0.3) is 21.6 Å². The minimum absolute atomic E-state index is 0.0895. The van der Waals surface area contributed by atoms with Crippen molar-refractivity contribution >= 4 is 27.5 Å². The number of aromatic nitrogens is 5. The number of hydrogen-bond donors (Lipinski definition) is 0. The van der Waals surface area contributed by atoms with Crippen molar-refractivity contribution in [3.63, 3.8) is 0 Å². The van der Waals surface area contributed by atoms with E-state index in [1.54, 1.807) is 36.0 Å². The van der Waals surface area contributed by atoms with Crippen molar-refractivity contribution in [3.05, 3.63) is 57.0 Å². The molecule has 10 heteroatoms. The molecule has 0 atom stereocenters. The van der Waals surface area contributed by atoms with Crippen molar-refractivity contribution in [2.75, 3.05) is 0 Å². The summed E-state index contributed by atoms with van der Waals surface area (Å²) in [7, 11) is 0. The fourth-order valence-corrected chi connectivity index (χ4v) is 4.47. The predicted octanol–water partition coefficient (Wildman–Crippen LogP) is 2.51. The van der Waals surface area contributed by atoms with Crippen molar-refractivity contribution in [1.82, 2.24) is 24.7 Å². The zero-order chi connectivity index (χ0) is 20.0. The fraction of sp³-hybridized carbons (Fsp3) is 0.263. The van der Waals surface area contributed by atoms with Gasteiger partial charge in [-0.15, -0.1) is 11.3 Å². The van der Waals surface area contributed by atoms with Gasteiger partial charge in [0.25, 0.3) is 11.4 Å². The average molecular weight is 409 g/mol. The van der Waals surface area contributed by atoms with Gasteiger partial charge in [0, 0.05) is 30.9 Å². The van der Waals surface area contributed by atoms with E-state index in [0.29, 0.717) is 38.6 Å². The highest BCUT2D eigenvalue weighted by Crippen LogP contribution is 2.29. The summed E-state index contributed by atoms with van der Waals surface area (Å²) in [6.07, 6.45) is 4.95. The summed E-state index contributed by atoms with van der Waals surface area (Å²) in [5.41, 5.74) is 1.21. The summed E-state index contributed by atoms with van der Waals surface area (Å²) >= 11 is 1.18. The standard InChI is InChI=1S/C19H15N5O4S/c1-10-14-17(21-12-5-3-7-24(12)18(14)25)29-15(10)19(26)27-9-13-22-16(23-28-13)11-4-2-6-20-8-11/h2,4,6,8H,3,5,7,9H2,1H3. The van der Waals surface area contributed by atoms with Crippen LogP contribution < -0.4 is 5.56 Å². The summed E-state index contributed by atoms with van der Waals surface area (Å²) in [5, 5.41) is 4.36. The number of carbonyl (C=O) groups excluding carboxylic acids is 1. The number of carbonyl (C=O) groups is 1. The Morgan fingerprint density at radius 3 is 3.10 bits per heavy atom. The minimum Gasteiger partial charge on any atom is -0.451 e. The molecule has 4 aromatic heterocycles. The molecule has 1 aliphatic rings. The van der Waals surface area contributed by atoms with Crippen molar-refractivity contribution < 1.29 is 14.1 Å². The monoisotopic (exact) mass is 409 g/mol. The lowest BCUT2D eigenvalue weighted by Gasteiger charge is -2.02. The van der Waals surface area contributed by atoms with E-state index in [1.165, 1.54) is 11.3 Å². The molecule has 9 nitrogen and oxygen atoms in total. The van der Waals surface area contributed by atoms with Crippen LogP contribution in [0.1, 0.15) is 33.4 Å². The first-order valence-corrected chi connectivity index (χ1v) is 9.86. The summed E-state index contributed by atoms with van der Waals surface area (Å²) in [6.45, 7) is 2.25. The van der Waals surface area contributed by atoms with Gasteiger partial charge in [-0.05, 0) is 31.0 Å². The van der Waals surface area contributed by atoms with E-state index in [9.17, 15) is 9.59 Å². The van der Waals surface area contributed by atoms with Crippen LogP contribution in [0, 0.1) is 6.92 Å². The second-order valence-electron chi connectivity index (χ2n) is 6.65. The summed E-state index contributed by atoms with van der Waals surface area (Å²) < 4.78 is 12.2. The van der Waals surface area contributed by atoms with Crippen LogP contribution in [0.2, 0.25) is 0 Å². The molecule has 0 N–H and O–H groups in total. The van der Waals surface area contributed by atoms with E-state index >= 15 is 0 Å². The number of thiophene rings is 1. The number of rotatable bonds is 4. The highest BCUT2D eigenvalue weighted by molar-refractivity contribution is 7.20. The van der Waals surface area contributed by atoms with Crippen molar-refractivity contribution in [3.8, 4) is 11.4 Å². The second-order valence-corrected chi connectivity index (χ2v) is 7.65. The van der Waals surface area contributed by atoms with Crippen molar-refractivity contribution in [2.24, 2.45) is 0 Å². The average Bonchev–Trinajstić information content (AvgIpc) is 3.46. The maximum absolute atomic E-state index is 12.7. The second kappa shape index (κ2) is 6.89. The lowest BCUT2D eigenvalue weighted by Crippen LogP contribution is -2.20. The summed E-state index contributed by atoms with van der Waals surface area (Å²) in [5.74, 6) is 0.774. The molecule has 5 heterocycles. The molecule has 0 saturated heterocycles. The smallest absolute Gasteiger partial charge is 0.349 e. The van der Waals surface area contributed by atoms with Crippen molar-refractivity contribution in [2.45, 2.75) is 32.9 Å². The highest BCUT2D eigenvalue weighted by atomic mass is 32.1. The van der Waals surface area contributed by atoms with Gasteiger partial charge in [0.1, 0.15) is 15.5 Å². The fourth-order valence-electron chi connectivity index (χ4n) is 3.39. The highest BCUT2D eigenvalue weighted by Gasteiger charge is 2.24. The van der Waals surface area contributed by atoms with Gasteiger partial charge in [-0.3, -0.25) is 14.3 Å².